The average Bonchev–Trinajstić information content (AvgIpc) is 2.89. The maximum absolute atomic E-state index is 13.4. The molecule has 0 saturated carbocycles. The molecule has 1 amide bonds. The van der Waals surface area contributed by atoms with E-state index < -0.39 is 0 Å². The summed E-state index contributed by atoms with van der Waals surface area (Å²) < 4.78 is 13.4. The van der Waals surface area contributed by atoms with Crippen molar-refractivity contribution < 1.29 is 9.18 Å². The van der Waals surface area contributed by atoms with Gasteiger partial charge >= 0.3 is 0 Å². The SMILES string of the molecule is CNC(=O)c1cccnc1NC1CCc2ccc(F)cc21. The molecule has 2 aromatic rings. The van der Waals surface area contributed by atoms with Crippen molar-refractivity contribution in [2.75, 3.05) is 12.4 Å². The molecule has 1 heterocycles. The maximum atomic E-state index is 13.4. The molecule has 3 rings (SSSR count). The average molecular weight is 285 g/mol. The van der Waals surface area contributed by atoms with Gasteiger partial charge in [0.25, 0.3) is 5.91 Å². The summed E-state index contributed by atoms with van der Waals surface area (Å²) in [6.45, 7) is 0. The van der Waals surface area contributed by atoms with Crippen LogP contribution in [0.1, 0.15) is 33.9 Å². The normalized spacial score (nSPS) is 16.4. The fourth-order valence-corrected chi connectivity index (χ4v) is 2.73. The van der Waals surface area contributed by atoms with Gasteiger partial charge in [-0.2, -0.15) is 0 Å². The summed E-state index contributed by atoms with van der Waals surface area (Å²) in [7, 11) is 1.58. The summed E-state index contributed by atoms with van der Waals surface area (Å²) in [4.78, 5) is 16.1. The Kier molecular flexibility index (Phi) is 3.56. The van der Waals surface area contributed by atoms with Gasteiger partial charge in [-0.15, -0.1) is 0 Å². The van der Waals surface area contributed by atoms with E-state index in [-0.39, 0.29) is 17.8 Å². The molecule has 1 unspecified atom stereocenters. The lowest BCUT2D eigenvalue weighted by molar-refractivity contribution is 0.0963. The van der Waals surface area contributed by atoms with Crippen LogP contribution in [0, 0.1) is 5.82 Å². The lowest BCUT2D eigenvalue weighted by Crippen LogP contribution is -2.21. The standard InChI is InChI=1S/C16H16FN3O/c1-18-16(21)12-3-2-8-19-15(12)20-14-7-5-10-4-6-11(17)9-13(10)14/h2-4,6,8-9,14H,5,7H2,1H3,(H,18,21)(H,19,20). The van der Waals surface area contributed by atoms with E-state index in [2.05, 4.69) is 15.6 Å². The number of pyridine rings is 1. The molecule has 0 radical (unpaired) electrons. The van der Waals surface area contributed by atoms with Gasteiger partial charge in [-0.3, -0.25) is 4.79 Å². The van der Waals surface area contributed by atoms with Gasteiger partial charge in [0.15, 0.2) is 0 Å². The largest absolute Gasteiger partial charge is 0.363 e. The van der Waals surface area contributed by atoms with Crippen LogP contribution in [0.4, 0.5) is 10.2 Å². The maximum Gasteiger partial charge on any atom is 0.254 e. The number of halogens is 1. The van der Waals surface area contributed by atoms with Crippen LogP contribution in [0.5, 0.6) is 0 Å². The Morgan fingerprint density at radius 2 is 2.24 bits per heavy atom. The number of hydrogen-bond acceptors (Lipinski definition) is 3. The van der Waals surface area contributed by atoms with Crippen molar-refractivity contribution in [3.63, 3.8) is 0 Å². The first-order valence-electron chi connectivity index (χ1n) is 6.91. The van der Waals surface area contributed by atoms with Crippen LogP contribution in [-0.4, -0.2) is 17.9 Å². The number of benzene rings is 1. The quantitative estimate of drug-likeness (QED) is 0.911. The molecular formula is C16H16FN3O. The van der Waals surface area contributed by atoms with Crippen molar-refractivity contribution in [3.8, 4) is 0 Å². The van der Waals surface area contributed by atoms with E-state index in [0.29, 0.717) is 11.4 Å². The summed E-state index contributed by atoms with van der Waals surface area (Å²) >= 11 is 0. The van der Waals surface area contributed by atoms with E-state index in [9.17, 15) is 9.18 Å². The van der Waals surface area contributed by atoms with Crippen LogP contribution in [0.25, 0.3) is 0 Å². The fraction of sp³-hybridized carbons (Fsp3) is 0.250. The molecule has 2 N–H and O–H groups in total. The minimum absolute atomic E-state index is 0.0194. The smallest absolute Gasteiger partial charge is 0.254 e. The van der Waals surface area contributed by atoms with Crippen LogP contribution >= 0.6 is 0 Å². The number of nitrogens with zero attached hydrogens (tertiary/aromatic N) is 1. The lowest BCUT2D eigenvalue weighted by Gasteiger charge is -2.17. The number of carbonyl (C=O) groups is 1. The summed E-state index contributed by atoms with van der Waals surface area (Å²) in [6.07, 6.45) is 3.40. The van der Waals surface area contributed by atoms with Gasteiger partial charge in [-0.25, -0.2) is 9.37 Å². The number of anilines is 1. The number of nitrogens with one attached hydrogen (secondary N) is 2. The Bertz CT molecular complexity index is 687. The Hall–Kier alpha value is -2.43. The zero-order valence-electron chi connectivity index (χ0n) is 11.7. The lowest BCUT2D eigenvalue weighted by atomic mass is 10.1. The van der Waals surface area contributed by atoms with E-state index in [4.69, 9.17) is 0 Å². The van der Waals surface area contributed by atoms with E-state index in [0.717, 1.165) is 24.0 Å². The third-order valence-corrected chi connectivity index (χ3v) is 3.78. The predicted molar refractivity (Wildman–Crippen MR) is 78.7 cm³/mol. The highest BCUT2D eigenvalue weighted by atomic mass is 19.1. The number of aryl methyl sites for hydroxylation is 1. The first kappa shape index (κ1) is 13.5. The number of amides is 1. The highest BCUT2D eigenvalue weighted by Crippen LogP contribution is 2.34. The third kappa shape index (κ3) is 2.59. The molecule has 0 spiro atoms. The second kappa shape index (κ2) is 5.52. The number of aromatic nitrogens is 1. The predicted octanol–water partition coefficient (Wildman–Crippen LogP) is 2.68. The van der Waals surface area contributed by atoms with E-state index >= 15 is 0 Å². The third-order valence-electron chi connectivity index (χ3n) is 3.78. The number of carbonyl (C=O) groups excluding carboxylic acids is 1. The van der Waals surface area contributed by atoms with Gasteiger partial charge < -0.3 is 10.6 Å². The van der Waals surface area contributed by atoms with Gasteiger partial charge in [0.2, 0.25) is 0 Å². The molecule has 108 valence electrons. The van der Waals surface area contributed by atoms with Gasteiger partial charge in [-0.05, 0) is 48.2 Å². The first-order valence-corrected chi connectivity index (χ1v) is 6.91. The topological polar surface area (TPSA) is 54.0 Å². The molecular weight excluding hydrogens is 269 g/mol. The number of hydrogen-bond donors (Lipinski definition) is 2. The van der Waals surface area contributed by atoms with Gasteiger partial charge in [0.05, 0.1) is 11.6 Å². The molecule has 0 fully saturated rings. The van der Waals surface area contributed by atoms with Gasteiger partial charge in [-0.1, -0.05) is 6.07 Å². The van der Waals surface area contributed by atoms with Crippen molar-refractivity contribution in [1.29, 1.82) is 0 Å². The van der Waals surface area contributed by atoms with Crippen LogP contribution in [0.2, 0.25) is 0 Å². The molecule has 0 aliphatic heterocycles. The van der Waals surface area contributed by atoms with E-state index in [1.165, 1.54) is 6.07 Å². The van der Waals surface area contributed by atoms with Crippen molar-refractivity contribution in [3.05, 3.63) is 59.0 Å². The molecule has 4 nitrogen and oxygen atoms in total. The van der Waals surface area contributed by atoms with Crippen LogP contribution in [0.3, 0.4) is 0 Å². The summed E-state index contributed by atoms with van der Waals surface area (Å²) in [6, 6.07) is 8.28. The highest BCUT2D eigenvalue weighted by Gasteiger charge is 2.24. The number of fused-ring (bicyclic) bond motifs is 1. The summed E-state index contributed by atoms with van der Waals surface area (Å²) in [5, 5.41) is 5.87. The van der Waals surface area contributed by atoms with Crippen LogP contribution in [-0.2, 0) is 6.42 Å². The zero-order chi connectivity index (χ0) is 14.8. The minimum Gasteiger partial charge on any atom is -0.363 e. The molecule has 0 bridgehead atoms. The Morgan fingerprint density at radius 1 is 1.38 bits per heavy atom. The Labute approximate surface area is 122 Å². The van der Waals surface area contributed by atoms with Gasteiger partial charge in [0.1, 0.15) is 11.6 Å². The second-order valence-electron chi connectivity index (χ2n) is 5.06. The van der Waals surface area contributed by atoms with Crippen LogP contribution in [0.15, 0.2) is 36.5 Å². The molecule has 0 saturated heterocycles. The molecule has 1 aromatic heterocycles. The van der Waals surface area contributed by atoms with Crippen molar-refractivity contribution in [1.82, 2.24) is 10.3 Å². The van der Waals surface area contributed by atoms with E-state index in [1.807, 2.05) is 6.07 Å². The monoisotopic (exact) mass is 285 g/mol. The molecule has 1 aliphatic rings. The molecule has 1 aromatic carbocycles. The second-order valence-corrected chi connectivity index (χ2v) is 5.06. The molecule has 1 atom stereocenters. The Balaban J connectivity index is 1.90. The molecule has 1 aliphatic carbocycles. The fourth-order valence-electron chi connectivity index (χ4n) is 2.73. The van der Waals surface area contributed by atoms with Crippen molar-refractivity contribution in [2.24, 2.45) is 0 Å². The zero-order valence-corrected chi connectivity index (χ0v) is 11.7. The summed E-state index contributed by atoms with van der Waals surface area (Å²) in [5.74, 6) is 0.0945. The molecule has 5 heteroatoms. The first-order chi connectivity index (χ1) is 10.2. The Morgan fingerprint density at radius 3 is 3.05 bits per heavy atom. The highest BCUT2D eigenvalue weighted by molar-refractivity contribution is 5.98. The van der Waals surface area contributed by atoms with Gasteiger partial charge in [0, 0.05) is 13.2 Å². The molecule has 21 heavy (non-hydrogen) atoms. The van der Waals surface area contributed by atoms with Crippen molar-refractivity contribution >= 4 is 11.7 Å². The minimum atomic E-state index is -0.241. The number of rotatable bonds is 3. The van der Waals surface area contributed by atoms with Crippen molar-refractivity contribution in [2.45, 2.75) is 18.9 Å². The summed E-state index contributed by atoms with van der Waals surface area (Å²) in [5.41, 5.74) is 2.58. The van der Waals surface area contributed by atoms with E-state index in [1.54, 1.807) is 31.4 Å². The van der Waals surface area contributed by atoms with Crippen LogP contribution < -0.4 is 10.6 Å².